The highest BCUT2D eigenvalue weighted by Gasteiger charge is 2.21. The smallest absolute Gasteiger partial charge is 0.317 e. The Morgan fingerprint density at radius 1 is 1.24 bits per heavy atom. The molecular formula is C16H25N3O2. The number of nitrogens with one attached hydrogen (secondary N) is 1. The lowest BCUT2D eigenvalue weighted by Crippen LogP contribution is -2.51. The first kappa shape index (κ1) is 15.6. The Bertz CT molecular complexity index is 457. The van der Waals surface area contributed by atoms with E-state index in [0.717, 1.165) is 51.4 Å². The number of hydrogen-bond acceptors (Lipinski definition) is 3. The van der Waals surface area contributed by atoms with Crippen LogP contribution in [0.3, 0.4) is 0 Å². The minimum Gasteiger partial charge on any atom is -0.496 e. The van der Waals surface area contributed by atoms with E-state index in [9.17, 15) is 4.79 Å². The summed E-state index contributed by atoms with van der Waals surface area (Å²) in [4.78, 5) is 16.2. The molecule has 0 atom stereocenters. The van der Waals surface area contributed by atoms with Crippen LogP contribution in [0.25, 0.3) is 0 Å². The molecule has 0 bridgehead atoms. The summed E-state index contributed by atoms with van der Waals surface area (Å²) >= 11 is 0. The molecule has 1 aromatic carbocycles. The molecule has 0 spiro atoms. The Morgan fingerprint density at radius 2 is 1.95 bits per heavy atom. The van der Waals surface area contributed by atoms with Crippen molar-refractivity contribution in [3.8, 4) is 5.75 Å². The summed E-state index contributed by atoms with van der Waals surface area (Å²) in [5, 5.41) is 2.93. The van der Waals surface area contributed by atoms with E-state index in [0.29, 0.717) is 0 Å². The highest BCUT2D eigenvalue weighted by Crippen LogP contribution is 2.19. The first-order valence-corrected chi connectivity index (χ1v) is 7.61. The van der Waals surface area contributed by atoms with Gasteiger partial charge in [-0.25, -0.2) is 4.79 Å². The molecule has 0 aliphatic carbocycles. The predicted molar refractivity (Wildman–Crippen MR) is 83.5 cm³/mol. The van der Waals surface area contributed by atoms with E-state index in [1.807, 2.05) is 23.1 Å². The number of rotatable bonds is 5. The third-order valence-electron chi connectivity index (χ3n) is 3.77. The van der Waals surface area contributed by atoms with Crippen molar-refractivity contribution in [2.24, 2.45) is 0 Å². The molecule has 0 saturated carbocycles. The first-order valence-electron chi connectivity index (χ1n) is 7.61. The molecule has 0 aromatic heterocycles. The molecule has 1 N–H and O–H groups in total. The Kier molecular flexibility index (Phi) is 5.87. The lowest BCUT2D eigenvalue weighted by atomic mass is 10.1. The van der Waals surface area contributed by atoms with Gasteiger partial charge in [0.05, 0.1) is 7.11 Å². The monoisotopic (exact) mass is 291 g/mol. The van der Waals surface area contributed by atoms with E-state index >= 15 is 0 Å². The van der Waals surface area contributed by atoms with E-state index in [-0.39, 0.29) is 6.03 Å². The van der Waals surface area contributed by atoms with Crippen LogP contribution < -0.4 is 10.1 Å². The molecular weight excluding hydrogens is 266 g/mol. The largest absolute Gasteiger partial charge is 0.496 e. The summed E-state index contributed by atoms with van der Waals surface area (Å²) in [6.07, 6.45) is 0.972. The van der Waals surface area contributed by atoms with Gasteiger partial charge in [-0.1, -0.05) is 25.1 Å². The van der Waals surface area contributed by atoms with Crippen molar-refractivity contribution in [3.63, 3.8) is 0 Å². The zero-order chi connectivity index (χ0) is 15.1. The molecule has 2 rings (SSSR count). The summed E-state index contributed by atoms with van der Waals surface area (Å²) in [5.74, 6) is 0.931. The number of methoxy groups -OCH3 is 1. The molecule has 1 aliphatic rings. The van der Waals surface area contributed by atoms with Gasteiger partial charge in [0.15, 0.2) is 0 Å². The van der Waals surface area contributed by atoms with E-state index < -0.39 is 0 Å². The summed E-state index contributed by atoms with van der Waals surface area (Å²) < 4.78 is 5.39. The molecule has 1 heterocycles. The van der Waals surface area contributed by atoms with Crippen LogP contribution >= 0.6 is 0 Å². The standard InChI is InChI=1S/C16H25N3O2/c1-3-8-17-16(20)19-11-9-18(10-12-19)13-14-6-4-5-7-15(14)21-2/h4-7H,3,8-13H2,1-2H3,(H,17,20). The van der Waals surface area contributed by atoms with Gasteiger partial charge in [0.25, 0.3) is 0 Å². The van der Waals surface area contributed by atoms with Crippen LogP contribution in [0.4, 0.5) is 4.79 Å². The second-order valence-electron chi connectivity index (χ2n) is 5.31. The number of carbonyl (C=O) groups is 1. The number of nitrogens with zero attached hydrogens (tertiary/aromatic N) is 2. The third-order valence-corrected chi connectivity index (χ3v) is 3.77. The zero-order valence-electron chi connectivity index (χ0n) is 13.0. The summed E-state index contributed by atoms with van der Waals surface area (Å²) in [5.41, 5.74) is 1.20. The number of piperazine rings is 1. The maximum absolute atomic E-state index is 11.9. The number of para-hydroxylation sites is 1. The van der Waals surface area contributed by atoms with Crippen LogP contribution in [-0.2, 0) is 6.54 Å². The fourth-order valence-electron chi connectivity index (χ4n) is 2.53. The van der Waals surface area contributed by atoms with Crippen molar-refractivity contribution in [2.75, 3.05) is 39.8 Å². The highest BCUT2D eigenvalue weighted by molar-refractivity contribution is 5.74. The molecule has 2 amide bonds. The van der Waals surface area contributed by atoms with Crippen molar-refractivity contribution in [2.45, 2.75) is 19.9 Å². The predicted octanol–water partition coefficient (Wildman–Crippen LogP) is 1.93. The van der Waals surface area contributed by atoms with Gasteiger partial charge >= 0.3 is 6.03 Å². The van der Waals surface area contributed by atoms with Gasteiger partial charge in [0, 0.05) is 44.8 Å². The van der Waals surface area contributed by atoms with E-state index in [1.54, 1.807) is 7.11 Å². The van der Waals surface area contributed by atoms with Gasteiger partial charge in [-0.3, -0.25) is 4.90 Å². The summed E-state index contributed by atoms with van der Waals surface area (Å²) in [7, 11) is 1.70. The van der Waals surface area contributed by atoms with Crippen molar-refractivity contribution in [3.05, 3.63) is 29.8 Å². The molecule has 116 valence electrons. The quantitative estimate of drug-likeness (QED) is 0.901. The number of amides is 2. The van der Waals surface area contributed by atoms with Crippen LogP contribution in [0.15, 0.2) is 24.3 Å². The maximum Gasteiger partial charge on any atom is 0.317 e. The second kappa shape index (κ2) is 7.88. The van der Waals surface area contributed by atoms with Gasteiger partial charge in [-0.05, 0) is 12.5 Å². The van der Waals surface area contributed by atoms with Gasteiger partial charge in [-0.15, -0.1) is 0 Å². The van der Waals surface area contributed by atoms with Crippen LogP contribution in [0, 0.1) is 0 Å². The SMILES string of the molecule is CCCNC(=O)N1CCN(Cc2ccccc2OC)CC1. The molecule has 21 heavy (non-hydrogen) atoms. The second-order valence-corrected chi connectivity index (χ2v) is 5.31. The Hall–Kier alpha value is -1.75. The average Bonchev–Trinajstić information content (AvgIpc) is 2.54. The number of hydrogen-bond donors (Lipinski definition) is 1. The number of urea groups is 1. The minimum atomic E-state index is 0.0637. The van der Waals surface area contributed by atoms with Gasteiger partial charge < -0.3 is 15.0 Å². The van der Waals surface area contributed by atoms with Gasteiger partial charge in [0.1, 0.15) is 5.75 Å². The molecule has 0 radical (unpaired) electrons. The number of carbonyl (C=O) groups excluding carboxylic acids is 1. The van der Waals surface area contributed by atoms with Crippen molar-refractivity contribution in [1.82, 2.24) is 15.1 Å². The Morgan fingerprint density at radius 3 is 2.62 bits per heavy atom. The molecule has 0 unspecified atom stereocenters. The normalized spacial score (nSPS) is 15.8. The Labute approximate surface area is 126 Å². The van der Waals surface area contributed by atoms with Crippen LogP contribution in [0.5, 0.6) is 5.75 Å². The fourth-order valence-corrected chi connectivity index (χ4v) is 2.53. The number of benzene rings is 1. The number of ether oxygens (including phenoxy) is 1. The molecule has 5 nitrogen and oxygen atoms in total. The van der Waals surface area contributed by atoms with Crippen molar-refractivity contribution < 1.29 is 9.53 Å². The van der Waals surface area contributed by atoms with Crippen LogP contribution in [0.2, 0.25) is 0 Å². The van der Waals surface area contributed by atoms with Crippen molar-refractivity contribution in [1.29, 1.82) is 0 Å². The summed E-state index contributed by atoms with van der Waals surface area (Å²) in [6.45, 7) is 7.05. The topological polar surface area (TPSA) is 44.8 Å². The van der Waals surface area contributed by atoms with Gasteiger partial charge in [0.2, 0.25) is 0 Å². The van der Waals surface area contributed by atoms with E-state index in [2.05, 4.69) is 23.2 Å². The summed E-state index contributed by atoms with van der Waals surface area (Å²) in [6, 6.07) is 8.17. The van der Waals surface area contributed by atoms with E-state index in [4.69, 9.17) is 4.74 Å². The first-order chi connectivity index (χ1) is 10.2. The maximum atomic E-state index is 11.9. The minimum absolute atomic E-state index is 0.0637. The van der Waals surface area contributed by atoms with Crippen molar-refractivity contribution >= 4 is 6.03 Å². The Balaban J connectivity index is 1.82. The van der Waals surface area contributed by atoms with Crippen LogP contribution in [-0.4, -0.2) is 55.7 Å². The average molecular weight is 291 g/mol. The third kappa shape index (κ3) is 4.36. The molecule has 5 heteroatoms. The fraction of sp³-hybridized carbons (Fsp3) is 0.562. The molecule has 1 aromatic rings. The highest BCUT2D eigenvalue weighted by atomic mass is 16.5. The lowest BCUT2D eigenvalue weighted by molar-refractivity contribution is 0.134. The lowest BCUT2D eigenvalue weighted by Gasteiger charge is -2.34. The van der Waals surface area contributed by atoms with E-state index in [1.165, 1.54) is 5.56 Å². The molecule has 1 saturated heterocycles. The molecule has 1 fully saturated rings. The zero-order valence-corrected chi connectivity index (χ0v) is 13.0. The molecule has 1 aliphatic heterocycles. The van der Waals surface area contributed by atoms with Gasteiger partial charge in [-0.2, -0.15) is 0 Å². The van der Waals surface area contributed by atoms with Crippen LogP contribution in [0.1, 0.15) is 18.9 Å².